The van der Waals surface area contributed by atoms with Gasteiger partial charge >= 0.3 is 0 Å². The minimum atomic E-state index is -0.137. The number of rotatable bonds is 4. The molecule has 0 saturated heterocycles. The van der Waals surface area contributed by atoms with Crippen molar-refractivity contribution >= 4 is 17.5 Å². The molecule has 0 radical (unpaired) electrons. The zero-order valence-corrected chi connectivity index (χ0v) is 11.9. The van der Waals surface area contributed by atoms with E-state index in [-0.39, 0.29) is 11.7 Å². The Morgan fingerprint density at radius 1 is 1.20 bits per heavy atom. The van der Waals surface area contributed by atoms with Crippen LogP contribution >= 0.6 is 11.6 Å². The monoisotopic (exact) mass is 289 g/mol. The van der Waals surface area contributed by atoms with E-state index in [1.165, 1.54) is 6.07 Å². The fraction of sp³-hybridized carbons (Fsp3) is 0.188. The van der Waals surface area contributed by atoms with Gasteiger partial charge in [0.2, 0.25) is 0 Å². The first-order valence-corrected chi connectivity index (χ1v) is 6.76. The predicted octanol–water partition coefficient (Wildman–Crippen LogP) is 3.33. The lowest BCUT2D eigenvalue weighted by molar-refractivity contribution is 0.0954. The van der Waals surface area contributed by atoms with Gasteiger partial charge in [0.15, 0.2) is 0 Å². The number of carbonyl (C=O) groups is 1. The summed E-state index contributed by atoms with van der Waals surface area (Å²) >= 11 is 5.81. The SMILES string of the molecule is Cc1cc(C(=O)NCCc2ccc(Cl)cc2)ccc1O. The van der Waals surface area contributed by atoms with Crippen molar-refractivity contribution in [2.75, 3.05) is 6.54 Å². The fourth-order valence-electron chi connectivity index (χ4n) is 1.87. The van der Waals surface area contributed by atoms with Crippen molar-refractivity contribution in [3.63, 3.8) is 0 Å². The Hall–Kier alpha value is -2.00. The van der Waals surface area contributed by atoms with Crippen LogP contribution in [0.25, 0.3) is 0 Å². The average Bonchev–Trinajstić information content (AvgIpc) is 2.44. The highest BCUT2D eigenvalue weighted by Crippen LogP contribution is 2.16. The van der Waals surface area contributed by atoms with Gasteiger partial charge in [-0.25, -0.2) is 0 Å². The first-order valence-electron chi connectivity index (χ1n) is 6.38. The maximum absolute atomic E-state index is 11.9. The number of benzene rings is 2. The number of amides is 1. The molecule has 0 heterocycles. The molecule has 0 aliphatic heterocycles. The normalized spacial score (nSPS) is 10.3. The molecule has 0 fully saturated rings. The van der Waals surface area contributed by atoms with Gasteiger partial charge in [-0.1, -0.05) is 23.7 Å². The molecule has 0 bridgehead atoms. The van der Waals surface area contributed by atoms with E-state index >= 15 is 0 Å². The summed E-state index contributed by atoms with van der Waals surface area (Å²) in [5.74, 6) is 0.0600. The van der Waals surface area contributed by atoms with Crippen LogP contribution in [0.15, 0.2) is 42.5 Å². The van der Waals surface area contributed by atoms with Gasteiger partial charge in [0.25, 0.3) is 5.91 Å². The minimum Gasteiger partial charge on any atom is -0.508 e. The van der Waals surface area contributed by atoms with Gasteiger partial charge in [-0.05, 0) is 54.8 Å². The fourth-order valence-corrected chi connectivity index (χ4v) is 2.00. The zero-order valence-electron chi connectivity index (χ0n) is 11.2. The second-order valence-electron chi connectivity index (χ2n) is 4.63. The van der Waals surface area contributed by atoms with E-state index < -0.39 is 0 Å². The summed E-state index contributed by atoms with van der Waals surface area (Å²) in [7, 11) is 0. The molecule has 2 aromatic carbocycles. The van der Waals surface area contributed by atoms with Crippen LogP contribution in [-0.4, -0.2) is 17.6 Å². The first-order chi connectivity index (χ1) is 9.56. The van der Waals surface area contributed by atoms with E-state index in [0.29, 0.717) is 22.7 Å². The third-order valence-corrected chi connectivity index (χ3v) is 3.32. The summed E-state index contributed by atoms with van der Waals surface area (Å²) in [6, 6.07) is 12.4. The Bertz CT molecular complexity index is 608. The van der Waals surface area contributed by atoms with Gasteiger partial charge < -0.3 is 10.4 Å². The number of hydrogen-bond donors (Lipinski definition) is 2. The highest BCUT2D eigenvalue weighted by Gasteiger charge is 2.06. The van der Waals surface area contributed by atoms with Crippen LogP contribution in [0.5, 0.6) is 5.75 Å². The first kappa shape index (κ1) is 14.4. The molecule has 0 aliphatic rings. The lowest BCUT2D eigenvalue weighted by Crippen LogP contribution is -2.25. The van der Waals surface area contributed by atoms with Crippen LogP contribution in [0.2, 0.25) is 5.02 Å². The maximum atomic E-state index is 11.9. The molecule has 0 aromatic heterocycles. The molecule has 3 nitrogen and oxygen atoms in total. The van der Waals surface area contributed by atoms with Crippen molar-refractivity contribution < 1.29 is 9.90 Å². The van der Waals surface area contributed by atoms with Crippen LogP contribution in [0.1, 0.15) is 21.5 Å². The topological polar surface area (TPSA) is 49.3 Å². The Balaban J connectivity index is 1.88. The number of carbonyl (C=O) groups excluding carboxylic acids is 1. The molecule has 20 heavy (non-hydrogen) atoms. The molecule has 2 aromatic rings. The van der Waals surface area contributed by atoms with E-state index in [0.717, 1.165) is 12.0 Å². The maximum Gasteiger partial charge on any atom is 0.251 e. The van der Waals surface area contributed by atoms with Crippen LogP contribution in [0.3, 0.4) is 0 Å². The lowest BCUT2D eigenvalue weighted by atomic mass is 10.1. The number of hydrogen-bond acceptors (Lipinski definition) is 2. The van der Waals surface area contributed by atoms with Gasteiger partial charge in [-0.3, -0.25) is 4.79 Å². The quantitative estimate of drug-likeness (QED) is 0.907. The summed E-state index contributed by atoms with van der Waals surface area (Å²) in [5, 5.41) is 13.0. The molecule has 0 atom stereocenters. The number of nitrogens with one attached hydrogen (secondary N) is 1. The number of aryl methyl sites for hydroxylation is 1. The van der Waals surface area contributed by atoms with Gasteiger partial charge in [0.1, 0.15) is 5.75 Å². The third-order valence-electron chi connectivity index (χ3n) is 3.07. The molecule has 0 aliphatic carbocycles. The van der Waals surface area contributed by atoms with E-state index in [9.17, 15) is 9.90 Å². The Morgan fingerprint density at radius 3 is 2.55 bits per heavy atom. The molecule has 4 heteroatoms. The van der Waals surface area contributed by atoms with Crippen LogP contribution in [0.4, 0.5) is 0 Å². The van der Waals surface area contributed by atoms with Crippen LogP contribution in [0, 0.1) is 6.92 Å². The van der Waals surface area contributed by atoms with Gasteiger partial charge in [0.05, 0.1) is 0 Å². The molecule has 0 saturated carbocycles. The molecule has 0 unspecified atom stereocenters. The molecular formula is C16H16ClNO2. The smallest absolute Gasteiger partial charge is 0.251 e. The van der Waals surface area contributed by atoms with Crippen molar-refractivity contribution in [3.05, 3.63) is 64.2 Å². The lowest BCUT2D eigenvalue weighted by Gasteiger charge is -2.07. The van der Waals surface area contributed by atoms with Gasteiger partial charge in [0, 0.05) is 17.1 Å². The van der Waals surface area contributed by atoms with E-state index in [4.69, 9.17) is 11.6 Å². The molecule has 2 rings (SSSR count). The van der Waals surface area contributed by atoms with E-state index in [2.05, 4.69) is 5.32 Å². The summed E-state index contributed by atoms with van der Waals surface area (Å²) in [6.07, 6.45) is 0.750. The number of phenolic OH excluding ortho intramolecular Hbond substituents is 1. The van der Waals surface area contributed by atoms with Crippen molar-refractivity contribution in [3.8, 4) is 5.75 Å². The van der Waals surface area contributed by atoms with Crippen LogP contribution < -0.4 is 5.32 Å². The van der Waals surface area contributed by atoms with Crippen molar-refractivity contribution in [2.24, 2.45) is 0 Å². The van der Waals surface area contributed by atoms with Gasteiger partial charge in [-0.15, -0.1) is 0 Å². The molecule has 104 valence electrons. The van der Waals surface area contributed by atoms with Crippen molar-refractivity contribution in [2.45, 2.75) is 13.3 Å². The molecule has 2 N–H and O–H groups in total. The van der Waals surface area contributed by atoms with Crippen LogP contribution in [-0.2, 0) is 6.42 Å². The number of phenols is 1. The second-order valence-corrected chi connectivity index (χ2v) is 5.07. The molecule has 1 amide bonds. The largest absolute Gasteiger partial charge is 0.508 e. The Kier molecular flexibility index (Phi) is 4.64. The van der Waals surface area contributed by atoms with E-state index in [1.54, 1.807) is 19.1 Å². The third kappa shape index (κ3) is 3.75. The average molecular weight is 290 g/mol. The Labute approximate surface area is 123 Å². The van der Waals surface area contributed by atoms with E-state index in [1.807, 2.05) is 24.3 Å². The second kappa shape index (κ2) is 6.44. The van der Waals surface area contributed by atoms with Crippen molar-refractivity contribution in [1.82, 2.24) is 5.32 Å². The summed E-state index contributed by atoms with van der Waals surface area (Å²) in [5.41, 5.74) is 2.36. The Morgan fingerprint density at radius 2 is 1.90 bits per heavy atom. The highest BCUT2D eigenvalue weighted by atomic mass is 35.5. The summed E-state index contributed by atoms with van der Waals surface area (Å²) < 4.78 is 0. The number of aromatic hydroxyl groups is 1. The summed E-state index contributed by atoms with van der Waals surface area (Å²) in [4.78, 5) is 11.9. The summed E-state index contributed by atoms with van der Waals surface area (Å²) in [6.45, 7) is 2.32. The zero-order chi connectivity index (χ0) is 14.5. The number of halogens is 1. The highest BCUT2D eigenvalue weighted by molar-refractivity contribution is 6.30. The molecule has 0 spiro atoms. The van der Waals surface area contributed by atoms with Crippen molar-refractivity contribution in [1.29, 1.82) is 0 Å². The van der Waals surface area contributed by atoms with Gasteiger partial charge in [-0.2, -0.15) is 0 Å². The minimum absolute atomic E-state index is 0.137. The predicted molar refractivity (Wildman–Crippen MR) is 80.3 cm³/mol. The molecular weight excluding hydrogens is 274 g/mol. The standard InChI is InChI=1S/C16H16ClNO2/c1-11-10-13(4-7-15(11)19)16(20)18-9-8-12-2-5-14(17)6-3-12/h2-7,10,19H,8-9H2,1H3,(H,18,20).